The largest absolute Gasteiger partial charge is 0.495 e. The lowest BCUT2D eigenvalue weighted by Gasteiger charge is -2.18. The van der Waals surface area contributed by atoms with Crippen molar-refractivity contribution >= 4 is 0 Å². The first kappa shape index (κ1) is 11.4. The smallest absolute Gasteiger partial charge is 0.137 e. The summed E-state index contributed by atoms with van der Waals surface area (Å²) < 4.78 is 10.7. The molecule has 0 saturated carbocycles. The van der Waals surface area contributed by atoms with Gasteiger partial charge in [0.2, 0.25) is 0 Å². The van der Waals surface area contributed by atoms with E-state index < -0.39 is 6.10 Å². The van der Waals surface area contributed by atoms with Gasteiger partial charge in [0.05, 0.1) is 25.5 Å². The van der Waals surface area contributed by atoms with Crippen molar-refractivity contribution in [1.82, 2.24) is 4.98 Å². The Bertz CT molecular complexity index is 356. The Hall–Kier alpha value is -1.13. The third-order valence-corrected chi connectivity index (χ3v) is 2.93. The monoisotopic (exact) mass is 223 g/mol. The Morgan fingerprint density at radius 1 is 1.50 bits per heavy atom. The molecule has 4 nitrogen and oxygen atoms in total. The van der Waals surface area contributed by atoms with E-state index in [1.165, 1.54) is 0 Å². The lowest BCUT2D eigenvalue weighted by Crippen LogP contribution is -2.18. The molecule has 0 radical (unpaired) electrons. The number of ether oxygens (including phenoxy) is 2. The minimum atomic E-state index is -0.618. The van der Waals surface area contributed by atoms with Crippen LogP contribution >= 0.6 is 0 Å². The molecule has 1 aliphatic heterocycles. The van der Waals surface area contributed by atoms with Crippen LogP contribution in [0.5, 0.6) is 5.75 Å². The van der Waals surface area contributed by atoms with Crippen LogP contribution in [-0.4, -0.2) is 29.4 Å². The molecule has 3 unspecified atom stereocenters. The lowest BCUT2D eigenvalue weighted by atomic mass is 10.0. The van der Waals surface area contributed by atoms with E-state index in [-0.39, 0.29) is 12.2 Å². The summed E-state index contributed by atoms with van der Waals surface area (Å²) in [4.78, 5) is 4.03. The van der Waals surface area contributed by atoms with Crippen LogP contribution < -0.4 is 4.74 Å². The highest BCUT2D eigenvalue weighted by molar-refractivity contribution is 5.25. The fourth-order valence-electron chi connectivity index (χ4n) is 1.99. The summed E-state index contributed by atoms with van der Waals surface area (Å²) in [6, 6.07) is 1.80. The maximum Gasteiger partial charge on any atom is 0.137 e. The van der Waals surface area contributed by atoms with Crippen molar-refractivity contribution < 1.29 is 14.6 Å². The summed E-state index contributed by atoms with van der Waals surface area (Å²) >= 11 is 0. The average molecular weight is 223 g/mol. The number of hydrogen-bond acceptors (Lipinski definition) is 4. The Balaban J connectivity index is 2.10. The van der Waals surface area contributed by atoms with Gasteiger partial charge in [-0.3, -0.25) is 4.98 Å². The molecule has 88 valence electrons. The Kier molecular flexibility index (Phi) is 3.41. The quantitative estimate of drug-likeness (QED) is 0.847. The normalized spacial score (nSPS) is 26.7. The Labute approximate surface area is 95.2 Å². The van der Waals surface area contributed by atoms with Crippen LogP contribution in [0.4, 0.5) is 0 Å². The van der Waals surface area contributed by atoms with Gasteiger partial charge in [0.25, 0.3) is 0 Å². The minimum Gasteiger partial charge on any atom is -0.495 e. The van der Waals surface area contributed by atoms with Crippen molar-refractivity contribution in [3.63, 3.8) is 0 Å². The van der Waals surface area contributed by atoms with Crippen molar-refractivity contribution in [2.24, 2.45) is 0 Å². The number of aliphatic hydroxyl groups is 1. The molecule has 3 atom stereocenters. The molecule has 0 bridgehead atoms. The van der Waals surface area contributed by atoms with Gasteiger partial charge < -0.3 is 14.6 Å². The van der Waals surface area contributed by atoms with Crippen LogP contribution in [0.25, 0.3) is 0 Å². The fourth-order valence-corrected chi connectivity index (χ4v) is 1.99. The fraction of sp³-hybridized carbons (Fsp3) is 0.583. The first-order valence-corrected chi connectivity index (χ1v) is 5.53. The number of rotatable bonds is 3. The number of nitrogens with zero attached hydrogens (tertiary/aromatic N) is 1. The van der Waals surface area contributed by atoms with Crippen molar-refractivity contribution in [2.75, 3.05) is 7.11 Å². The molecule has 2 rings (SSSR count). The summed E-state index contributed by atoms with van der Waals surface area (Å²) in [5.74, 6) is 0.655. The van der Waals surface area contributed by atoms with Crippen molar-refractivity contribution in [3.05, 3.63) is 24.0 Å². The molecule has 2 heterocycles. The van der Waals surface area contributed by atoms with Crippen LogP contribution in [0.2, 0.25) is 0 Å². The van der Waals surface area contributed by atoms with E-state index in [9.17, 15) is 5.11 Å². The molecule has 0 amide bonds. The molecule has 1 aromatic rings. The van der Waals surface area contributed by atoms with Crippen LogP contribution in [-0.2, 0) is 4.74 Å². The van der Waals surface area contributed by atoms with Gasteiger partial charge >= 0.3 is 0 Å². The summed E-state index contributed by atoms with van der Waals surface area (Å²) in [6.07, 6.45) is 4.65. The van der Waals surface area contributed by atoms with Crippen LogP contribution in [0.3, 0.4) is 0 Å². The standard InChI is InChI=1S/C12H17NO3/c1-8-3-4-11(16-8)12(14)9-5-10(15-2)7-13-6-9/h5-8,11-12,14H,3-4H2,1-2H3. The second kappa shape index (κ2) is 4.80. The van der Waals surface area contributed by atoms with Crippen LogP contribution in [0.1, 0.15) is 31.4 Å². The van der Waals surface area contributed by atoms with Gasteiger partial charge in [-0.25, -0.2) is 0 Å². The van der Waals surface area contributed by atoms with E-state index in [1.54, 1.807) is 25.6 Å². The number of hydrogen-bond donors (Lipinski definition) is 1. The third-order valence-electron chi connectivity index (χ3n) is 2.93. The molecule has 16 heavy (non-hydrogen) atoms. The third kappa shape index (κ3) is 2.33. The molecule has 4 heteroatoms. The number of aliphatic hydroxyl groups excluding tert-OH is 1. The van der Waals surface area contributed by atoms with Gasteiger partial charge in [-0.15, -0.1) is 0 Å². The number of methoxy groups -OCH3 is 1. The van der Waals surface area contributed by atoms with E-state index in [0.29, 0.717) is 5.75 Å². The van der Waals surface area contributed by atoms with Gasteiger partial charge in [-0.2, -0.15) is 0 Å². The first-order valence-electron chi connectivity index (χ1n) is 5.53. The molecule has 1 N–H and O–H groups in total. The lowest BCUT2D eigenvalue weighted by molar-refractivity contribution is -0.0299. The Morgan fingerprint density at radius 3 is 2.94 bits per heavy atom. The number of pyridine rings is 1. The zero-order chi connectivity index (χ0) is 11.5. The molecule has 1 aliphatic rings. The SMILES string of the molecule is COc1cncc(C(O)C2CCC(C)O2)c1. The topological polar surface area (TPSA) is 51.6 Å². The summed E-state index contributed by atoms with van der Waals surface area (Å²) in [5, 5.41) is 10.1. The second-order valence-corrected chi connectivity index (χ2v) is 4.17. The van der Waals surface area contributed by atoms with Crippen LogP contribution in [0, 0.1) is 0 Å². The van der Waals surface area contributed by atoms with E-state index >= 15 is 0 Å². The van der Waals surface area contributed by atoms with Gasteiger partial charge in [0, 0.05) is 11.8 Å². The molecule has 0 aromatic carbocycles. The van der Waals surface area contributed by atoms with Gasteiger partial charge in [-0.1, -0.05) is 0 Å². The van der Waals surface area contributed by atoms with Gasteiger partial charge in [-0.05, 0) is 25.8 Å². The van der Waals surface area contributed by atoms with Crippen LogP contribution in [0.15, 0.2) is 18.5 Å². The highest BCUT2D eigenvalue weighted by Crippen LogP contribution is 2.30. The van der Waals surface area contributed by atoms with E-state index in [2.05, 4.69) is 4.98 Å². The van der Waals surface area contributed by atoms with Gasteiger partial charge in [0.15, 0.2) is 0 Å². The molecular formula is C12H17NO3. The van der Waals surface area contributed by atoms with E-state index in [4.69, 9.17) is 9.47 Å². The maximum absolute atomic E-state index is 10.1. The summed E-state index contributed by atoms with van der Waals surface area (Å²) in [6.45, 7) is 2.02. The molecule has 1 fully saturated rings. The Morgan fingerprint density at radius 2 is 2.31 bits per heavy atom. The van der Waals surface area contributed by atoms with Crippen molar-refractivity contribution in [3.8, 4) is 5.75 Å². The highest BCUT2D eigenvalue weighted by atomic mass is 16.5. The number of aromatic nitrogens is 1. The van der Waals surface area contributed by atoms with Crippen molar-refractivity contribution in [2.45, 2.75) is 38.1 Å². The zero-order valence-corrected chi connectivity index (χ0v) is 9.59. The molecule has 1 aromatic heterocycles. The predicted octanol–water partition coefficient (Wildman–Crippen LogP) is 1.69. The predicted molar refractivity (Wildman–Crippen MR) is 59.3 cm³/mol. The minimum absolute atomic E-state index is 0.121. The first-order chi connectivity index (χ1) is 7.70. The summed E-state index contributed by atoms with van der Waals surface area (Å²) in [7, 11) is 1.58. The molecule has 1 saturated heterocycles. The zero-order valence-electron chi connectivity index (χ0n) is 9.59. The van der Waals surface area contributed by atoms with E-state index in [1.807, 2.05) is 6.92 Å². The summed E-state index contributed by atoms with van der Waals surface area (Å²) in [5.41, 5.74) is 0.749. The van der Waals surface area contributed by atoms with Crippen molar-refractivity contribution in [1.29, 1.82) is 0 Å². The highest BCUT2D eigenvalue weighted by Gasteiger charge is 2.29. The second-order valence-electron chi connectivity index (χ2n) is 4.17. The van der Waals surface area contributed by atoms with Gasteiger partial charge in [0.1, 0.15) is 11.9 Å². The maximum atomic E-state index is 10.1. The molecule has 0 aliphatic carbocycles. The average Bonchev–Trinajstić information content (AvgIpc) is 2.75. The molecule has 0 spiro atoms. The molecular weight excluding hydrogens is 206 g/mol. The van der Waals surface area contributed by atoms with E-state index in [0.717, 1.165) is 18.4 Å².